The van der Waals surface area contributed by atoms with E-state index in [1.807, 2.05) is 0 Å². The number of carbonyl (C=O) groups is 1. The number of hydrogen-bond acceptors (Lipinski definition) is 4. The summed E-state index contributed by atoms with van der Waals surface area (Å²) in [6, 6.07) is 5.34. The maximum absolute atomic E-state index is 13.0. The lowest BCUT2D eigenvalue weighted by Crippen LogP contribution is -2.46. The lowest BCUT2D eigenvalue weighted by atomic mass is 9.93. The van der Waals surface area contributed by atoms with Crippen molar-refractivity contribution in [3.8, 4) is 5.75 Å². The first-order valence-corrected chi connectivity index (χ1v) is 7.82. The summed E-state index contributed by atoms with van der Waals surface area (Å²) in [4.78, 5) is 11.7. The quantitative estimate of drug-likeness (QED) is 0.631. The first-order chi connectivity index (χ1) is 11.0. The minimum Gasteiger partial charge on any atom is -0.491 e. The summed E-state index contributed by atoms with van der Waals surface area (Å²) in [5.41, 5.74) is 0. The average molecular weight is 326 g/mol. The topological polar surface area (TPSA) is 90.8 Å². The minimum atomic E-state index is -0.891. The highest BCUT2D eigenvalue weighted by atomic mass is 19.1. The molecule has 23 heavy (non-hydrogen) atoms. The van der Waals surface area contributed by atoms with Crippen molar-refractivity contribution in [2.75, 3.05) is 13.2 Å². The van der Waals surface area contributed by atoms with Gasteiger partial charge in [0.15, 0.2) is 0 Å². The second-order valence-corrected chi connectivity index (χ2v) is 5.78. The third-order valence-corrected chi connectivity index (χ3v) is 3.77. The van der Waals surface area contributed by atoms with Crippen LogP contribution in [0.3, 0.4) is 0 Å². The summed E-state index contributed by atoms with van der Waals surface area (Å²) >= 11 is 0. The highest BCUT2D eigenvalue weighted by molar-refractivity contribution is 5.74. The van der Waals surface area contributed by atoms with Gasteiger partial charge in [-0.15, -0.1) is 0 Å². The lowest BCUT2D eigenvalue weighted by Gasteiger charge is -2.26. The fourth-order valence-electron chi connectivity index (χ4n) is 2.48. The van der Waals surface area contributed by atoms with Gasteiger partial charge in [0.25, 0.3) is 0 Å². The Morgan fingerprint density at radius 1 is 1.35 bits per heavy atom. The summed E-state index contributed by atoms with van der Waals surface area (Å²) in [6.45, 7) is -0.00412. The van der Waals surface area contributed by atoms with E-state index in [1.54, 1.807) is 6.07 Å². The SMILES string of the molecule is O=C(NC[C@@H](O)COc1cccc(F)c1)NC1CCC(O)CC1. The zero-order valence-corrected chi connectivity index (χ0v) is 12.9. The fraction of sp³-hybridized carbons (Fsp3) is 0.562. The predicted octanol–water partition coefficient (Wildman–Crippen LogP) is 1.17. The normalized spacial score (nSPS) is 22.2. The molecule has 128 valence electrons. The molecule has 1 aliphatic carbocycles. The van der Waals surface area contributed by atoms with Crippen LogP contribution in [-0.4, -0.2) is 47.6 Å². The Balaban J connectivity index is 1.62. The van der Waals surface area contributed by atoms with Gasteiger partial charge in [0.05, 0.1) is 6.10 Å². The van der Waals surface area contributed by atoms with Gasteiger partial charge in [0.1, 0.15) is 24.3 Å². The van der Waals surface area contributed by atoms with E-state index in [0.717, 1.165) is 12.8 Å². The first kappa shape index (κ1) is 17.5. The summed E-state index contributed by atoms with van der Waals surface area (Å²) in [5.74, 6) is -0.0821. The van der Waals surface area contributed by atoms with Crippen molar-refractivity contribution in [1.82, 2.24) is 10.6 Å². The first-order valence-electron chi connectivity index (χ1n) is 7.82. The summed E-state index contributed by atoms with van der Waals surface area (Å²) in [7, 11) is 0. The molecule has 1 atom stereocenters. The Hall–Kier alpha value is -1.86. The van der Waals surface area contributed by atoms with Gasteiger partial charge in [0.2, 0.25) is 0 Å². The van der Waals surface area contributed by atoms with Crippen LogP contribution >= 0.6 is 0 Å². The minimum absolute atomic E-state index is 0.0382. The molecule has 0 radical (unpaired) electrons. The molecule has 1 aliphatic rings. The molecule has 1 saturated carbocycles. The van der Waals surface area contributed by atoms with Crippen molar-refractivity contribution >= 4 is 6.03 Å². The van der Waals surface area contributed by atoms with Crippen LogP contribution in [0.25, 0.3) is 0 Å². The zero-order valence-electron chi connectivity index (χ0n) is 12.9. The van der Waals surface area contributed by atoms with Crippen molar-refractivity contribution in [3.05, 3.63) is 30.1 Å². The monoisotopic (exact) mass is 326 g/mol. The molecule has 1 fully saturated rings. The van der Waals surface area contributed by atoms with E-state index >= 15 is 0 Å². The number of halogens is 1. The van der Waals surface area contributed by atoms with Crippen molar-refractivity contribution in [1.29, 1.82) is 0 Å². The molecule has 0 heterocycles. The van der Waals surface area contributed by atoms with Crippen molar-refractivity contribution in [3.63, 3.8) is 0 Å². The van der Waals surface area contributed by atoms with Gasteiger partial charge in [-0.25, -0.2) is 9.18 Å². The number of carbonyl (C=O) groups excluding carboxylic acids is 1. The van der Waals surface area contributed by atoms with E-state index in [9.17, 15) is 19.4 Å². The molecule has 7 heteroatoms. The number of nitrogens with one attached hydrogen (secondary N) is 2. The van der Waals surface area contributed by atoms with Gasteiger partial charge in [-0.2, -0.15) is 0 Å². The van der Waals surface area contributed by atoms with Gasteiger partial charge in [0, 0.05) is 18.7 Å². The van der Waals surface area contributed by atoms with E-state index < -0.39 is 11.9 Å². The van der Waals surface area contributed by atoms with E-state index in [0.29, 0.717) is 18.6 Å². The molecule has 2 amide bonds. The van der Waals surface area contributed by atoms with Crippen molar-refractivity contribution < 1.29 is 24.1 Å². The van der Waals surface area contributed by atoms with Gasteiger partial charge >= 0.3 is 6.03 Å². The van der Waals surface area contributed by atoms with Crippen LogP contribution < -0.4 is 15.4 Å². The summed E-state index contributed by atoms with van der Waals surface area (Å²) in [6.07, 6.45) is 1.72. The van der Waals surface area contributed by atoms with Crippen LogP contribution in [0.2, 0.25) is 0 Å². The molecule has 0 saturated heterocycles. The molecule has 0 aromatic heterocycles. The van der Waals surface area contributed by atoms with Crippen LogP contribution in [0.4, 0.5) is 9.18 Å². The number of ether oxygens (including phenoxy) is 1. The number of aliphatic hydroxyl groups excluding tert-OH is 2. The van der Waals surface area contributed by atoms with Crippen LogP contribution in [0, 0.1) is 5.82 Å². The Morgan fingerprint density at radius 2 is 2.09 bits per heavy atom. The molecule has 1 aromatic rings. The molecular formula is C16H23FN2O4. The summed E-state index contributed by atoms with van der Waals surface area (Å²) < 4.78 is 18.2. The van der Waals surface area contributed by atoms with Crippen molar-refractivity contribution in [2.24, 2.45) is 0 Å². The largest absolute Gasteiger partial charge is 0.491 e. The van der Waals surface area contributed by atoms with E-state index in [4.69, 9.17) is 4.74 Å². The maximum Gasteiger partial charge on any atom is 0.315 e. The maximum atomic E-state index is 13.0. The number of rotatable bonds is 6. The average Bonchev–Trinajstić information content (AvgIpc) is 2.53. The van der Waals surface area contributed by atoms with Crippen molar-refractivity contribution in [2.45, 2.75) is 43.9 Å². The Bertz CT molecular complexity index is 507. The lowest BCUT2D eigenvalue weighted by molar-refractivity contribution is 0.105. The number of urea groups is 1. The molecule has 0 unspecified atom stereocenters. The molecular weight excluding hydrogens is 303 g/mol. The molecule has 1 aromatic carbocycles. The fourth-order valence-corrected chi connectivity index (χ4v) is 2.48. The number of benzene rings is 1. The second kappa shape index (κ2) is 8.69. The van der Waals surface area contributed by atoms with Crippen LogP contribution in [0.15, 0.2) is 24.3 Å². The number of hydrogen-bond donors (Lipinski definition) is 4. The second-order valence-electron chi connectivity index (χ2n) is 5.78. The highest BCUT2D eigenvalue weighted by Gasteiger charge is 2.20. The molecule has 0 spiro atoms. The van der Waals surface area contributed by atoms with Crippen LogP contribution in [0.1, 0.15) is 25.7 Å². The zero-order chi connectivity index (χ0) is 16.7. The van der Waals surface area contributed by atoms with Crippen LogP contribution in [-0.2, 0) is 0 Å². The van der Waals surface area contributed by atoms with Crippen LogP contribution in [0.5, 0.6) is 5.75 Å². The molecule has 2 rings (SSSR count). The molecule has 4 N–H and O–H groups in total. The Morgan fingerprint density at radius 3 is 2.78 bits per heavy atom. The third kappa shape index (κ3) is 6.42. The number of amides is 2. The van der Waals surface area contributed by atoms with Gasteiger partial charge < -0.3 is 25.6 Å². The van der Waals surface area contributed by atoms with Gasteiger partial charge in [-0.3, -0.25) is 0 Å². The predicted molar refractivity (Wildman–Crippen MR) is 82.7 cm³/mol. The van der Waals surface area contributed by atoms with Gasteiger partial charge in [-0.1, -0.05) is 6.07 Å². The third-order valence-electron chi connectivity index (χ3n) is 3.77. The van der Waals surface area contributed by atoms with E-state index in [-0.39, 0.29) is 31.3 Å². The molecule has 6 nitrogen and oxygen atoms in total. The molecule has 0 bridgehead atoms. The highest BCUT2D eigenvalue weighted by Crippen LogP contribution is 2.18. The Labute approximate surface area is 134 Å². The van der Waals surface area contributed by atoms with Gasteiger partial charge in [-0.05, 0) is 37.8 Å². The summed E-state index contributed by atoms with van der Waals surface area (Å²) in [5, 5.41) is 24.6. The standard InChI is InChI=1S/C16H23FN2O4/c17-11-2-1-3-15(8-11)23-10-14(21)9-18-16(22)19-12-4-6-13(20)7-5-12/h1-3,8,12-14,20-21H,4-7,9-10H2,(H2,18,19,22)/t12?,13?,14-/m1/s1. The van der Waals surface area contributed by atoms with E-state index in [1.165, 1.54) is 18.2 Å². The number of aliphatic hydroxyl groups is 2. The smallest absolute Gasteiger partial charge is 0.315 e. The Kier molecular flexibility index (Phi) is 6.61. The van der Waals surface area contributed by atoms with E-state index in [2.05, 4.69) is 10.6 Å². The molecule has 0 aliphatic heterocycles.